The van der Waals surface area contributed by atoms with Crippen molar-refractivity contribution in [3.63, 3.8) is 0 Å². The first-order valence-corrected chi connectivity index (χ1v) is 7.60. The number of hydrogen-bond donors (Lipinski definition) is 2. The Morgan fingerprint density at radius 1 is 1.33 bits per heavy atom. The number of Topliss-reactive ketones (excluding diaryl/α,β-unsaturated/α-hetero) is 1. The standard InChI is InChI=1S/C16H15NO3S/c1-9(18)11-7-14(21-8-11)16(20)17-15-12-5-3-2-4-10(12)6-13(15)19/h2-5,7-8,13,15,19H,6H2,1H3,(H,17,20). The van der Waals surface area contributed by atoms with Gasteiger partial charge in [0.1, 0.15) is 0 Å². The van der Waals surface area contributed by atoms with Crippen molar-refractivity contribution in [3.05, 3.63) is 57.3 Å². The van der Waals surface area contributed by atoms with Crippen LogP contribution in [0.2, 0.25) is 0 Å². The number of aliphatic hydroxyl groups excluding tert-OH is 1. The highest BCUT2D eigenvalue weighted by molar-refractivity contribution is 7.12. The monoisotopic (exact) mass is 301 g/mol. The summed E-state index contributed by atoms with van der Waals surface area (Å²) in [6.07, 6.45) is -0.0665. The predicted molar refractivity (Wildman–Crippen MR) is 80.7 cm³/mol. The smallest absolute Gasteiger partial charge is 0.261 e. The van der Waals surface area contributed by atoms with Crippen LogP contribution < -0.4 is 5.32 Å². The van der Waals surface area contributed by atoms with Crippen LogP contribution in [0.15, 0.2) is 35.7 Å². The van der Waals surface area contributed by atoms with Crippen LogP contribution >= 0.6 is 11.3 Å². The molecule has 21 heavy (non-hydrogen) atoms. The number of nitrogens with one attached hydrogen (secondary N) is 1. The lowest BCUT2D eigenvalue weighted by atomic mass is 10.1. The number of benzene rings is 1. The van der Waals surface area contributed by atoms with Crippen molar-refractivity contribution in [2.45, 2.75) is 25.5 Å². The Bertz CT molecular complexity index is 707. The maximum atomic E-state index is 12.3. The summed E-state index contributed by atoms with van der Waals surface area (Å²) in [4.78, 5) is 24.0. The third kappa shape index (κ3) is 2.62. The Labute approximate surface area is 126 Å². The van der Waals surface area contributed by atoms with E-state index in [9.17, 15) is 14.7 Å². The SMILES string of the molecule is CC(=O)c1csc(C(=O)NC2c3ccccc3CC2O)c1. The molecule has 3 rings (SSSR count). The summed E-state index contributed by atoms with van der Waals surface area (Å²) < 4.78 is 0. The van der Waals surface area contributed by atoms with Gasteiger partial charge in [0.05, 0.1) is 17.0 Å². The third-order valence-corrected chi connectivity index (χ3v) is 4.65. The van der Waals surface area contributed by atoms with Crippen LogP contribution in [-0.2, 0) is 6.42 Å². The fourth-order valence-electron chi connectivity index (χ4n) is 2.60. The Morgan fingerprint density at radius 3 is 2.81 bits per heavy atom. The number of aliphatic hydroxyl groups is 1. The Morgan fingerprint density at radius 2 is 2.10 bits per heavy atom. The number of ketones is 1. The molecule has 5 heteroatoms. The molecule has 1 aliphatic rings. The van der Waals surface area contributed by atoms with Gasteiger partial charge in [-0.3, -0.25) is 9.59 Å². The number of carbonyl (C=O) groups excluding carboxylic acids is 2. The van der Waals surface area contributed by atoms with E-state index in [0.29, 0.717) is 16.9 Å². The lowest BCUT2D eigenvalue weighted by Crippen LogP contribution is -2.33. The molecule has 0 fully saturated rings. The lowest BCUT2D eigenvalue weighted by molar-refractivity contribution is 0.0862. The zero-order valence-corrected chi connectivity index (χ0v) is 12.3. The van der Waals surface area contributed by atoms with Crippen molar-refractivity contribution >= 4 is 23.0 Å². The number of rotatable bonds is 3. The molecule has 0 radical (unpaired) electrons. The Kier molecular flexibility index (Phi) is 3.61. The van der Waals surface area contributed by atoms with Gasteiger partial charge in [-0.25, -0.2) is 0 Å². The second-order valence-electron chi connectivity index (χ2n) is 5.18. The van der Waals surface area contributed by atoms with Crippen molar-refractivity contribution in [1.29, 1.82) is 0 Å². The fourth-order valence-corrected chi connectivity index (χ4v) is 3.45. The normalized spacial score (nSPS) is 20.1. The summed E-state index contributed by atoms with van der Waals surface area (Å²) >= 11 is 1.24. The number of thiophene rings is 1. The second kappa shape index (κ2) is 5.42. The lowest BCUT2D eigenvalue weighted by Gasteiger charge is -2.17. The molecule has 1 heterocycles. The molecule has 0 aliphatic heterocycles. The van der Waals surface area contributed by atoms with E-state index in [-0.39, 0.29) is 11.7 Å². The van der Waals surface area contributed by atoms with Crippen LogP contribution in [0, 0.1) is 0 Å². The average Bonchev–Trinajstić information content (AvgIpc) is 3.05. The molecule has 108 valence electrons. The van der Waals surface area contributed by atoms with Crippen molar-refractivity contribution in [2.24, 2.45) is 0 Å². The van der Waals surface area contributed by atoms with Crippen LogP contribution in [0.3, 0.4) is 0 Å². The second-order valence-corrected chi connectivity index (χ2v) is 6.09. The highest BCUT2D eigenvalue weighted by atomic mass is 32.1. The van der Waals surface area contributed by atoms with E-state index >= 15 is 0 Å². The maximum absolute atomic E-state index is 12.3. The van der Waals surface area contributed by atoms with E-state index in [0.717, 1.165) is 11.1 Å². The molecule has 0 spiro atoms. The van der Waals surface area contributed by atoms with Crippen LogP contribution in [0.4, 0.5) is 0 Å². The fraction of sp³-hybridized carbons (Fsp3) is 0.250. The van der Waals surface area contributed by atoms with Gasteiger partial charge in [0.15, 0.2) is 5.78 Å². The number of fused-ring (bicyclic) bond motifs is 1. The van der Waals surface area contributed by atoms with Gasteiger partial charge in [0.25, 0.3) is 5.91 Å². The molecule has 2 N–H and O–H groups in total. The highest BCUT2D eigenvalue weighted by Crippen LogP contribution is 2.31. The van der Waals surface area contributed by atoms with E-state index in [2.05, 4.69) is 5.32 Å². The summed E-state index contributed by atoms with van der Waals surface area (Å²) in [5.41, 5.74) is 2.56. The van der Waals surface area contributed by atoms with E-state index < -0.39 is 12.1 Å². The zero-order chi connectivity index (χ0) is 15.0. The molecule has 2 unspecified atom stereocenters. The van der Waals surface area contributed by atoms with Crippen molar-refractivity contribution in [3.8, 4) is 0 Å². The van der Waals surface area contributed by atoms with Gasteiger partial charge in [-0.2, -0.15) is 0 Å². The minimum atomic E-state index is -0.612. The van der Waals surface area contributed by atoms with Gasteiger partial charge in [0, 0.05) is 17.4 Å². The van der Waals surface area contributed by atoms with Crippen molar-refractivity contribution < 1.29 is 14.7 Å². The van der Waals surface area contributed by atoms with E-state index in [1.54, 1.807) is 11.4 Å². The summed E-state index contributed by atoms with van der Waals surface area (Å²) in [5, 5.41) is 14.7. The van der Waals surface area contributed by atoms with Crippen LogP contribution in [0.25, 0.3) is 0 Å². The zero-order valence-electron chi connectivity index (χ0n) is 11.5. The van der Waals surface area contributed by atoms with Crippen LogP contribution in [-0.4, -0.2) is 22.9 Å². The molecule has 1 aromatic carbocycles. The first kappa shape index (κ1) is 14.0. The van der Waals surface area contributed by atoms with Gasteiger partial charge in [-0.1, -0.05) is 24.3 Å². The average molecular weight is 301 g/mol. The highest BCUT2D eigenvalue weighted by Gasteiger charge is 2.32. The van der Waals surface area contributed by atoms with Gasteiger partial charge in [0.2, 0.25) is 0 Å². The first-order chi connectivity index (χ1) is 10.1. The number of amides is 1. The molecule has 1 aromatic heterocycles. The minimum absolute atomic E-state index is 0.0588. The molecular formula is C16H15NO3S. The van der Waals surface area contributed by atoms with E-state index in [1.807, 2.05) is 24.3 Å². The summed E-state index contributed by atoms with van der Waals surface area (Å²) in [6.45, 7) is 1.47. The molecule has 2 atom stereocenters. The summed E-state index contributed by atoms with van der Waals surface area (Å²) in [7, 11) is 0. The minimum Gasteiger partial charge on any atom is -0.390 e. The molecule has 1 aliphatic carbocycles. The van der Waals surface area contributed by atoms with Gasteiger partial charge < -0.3 is 10.4 Å². The molecule has 0 saturated carbocycles. The van der Waals surface area contributed by atoms with Crippen molar-refractivity contribution in [2.75, 3.05) is 0 Å². The molecule has 0 bridgehead atoms. The topological polar surface area (TPSA) is 66.4 Å². The largest absolute Gasteiger partial charge is 0.390 e. The van der Waals surface area contributed by atoms with Gasteiger partial charge >= 0.3 is 0 Å². The quantitative estimate of drug-likeness (QED) is 0.855. The molecule has 4 nitrogen and oxygen atoms in total. The molecular weight excluding hydrogens is 286 g/mol. The Balaban J connectivity index is 1.80. The molecule has 1 amide bonds. The van der Waals surface area contributed by atoms with E-state index in [4.69, 9.17) is 0 Å². The van der Waals surface area contributed by atoms with Gasteiger partial charge in [-0.15, -0.1) is 11.3 Å². The predicted octanol–water partition coefficient (Wildman–Crippen LogP) is 2.34. The van der Waals surface area contributed by atoms with Crippen LogP contribution in [0.5, 0.6) is 0 Å². The summed E-state index contributed by atoms with van der Waals surface area (Å²) in [6, 6.07) is 8.91. The van der Waals surface area contributed by atoms with Crippen molar-refractivity contribution in [1.82, 2.24) is 5.32 Å². The Hall–Kier alpha value is -1.98. The molecule has 0 saturated heterocycles. The third-order valence-electron chi connectivity index (χ3n) is 3.72. The summed E-state index contributed by atoms with van der Waals surface area (Å²) in [5.74, 6) is -0.315. The van der Waals surface area contributed by atoms with Crippen LogP contribution in [0.1, 0.15) is 44.1 Å². The first-order valence-electron chi connectivity index (χ1n) is 6.72. The van der Waals surface area contributed by atoms with Gasteiger partial charge in [-0.05, 0) is 24.1 Å². The van der Waals surface area contributed by atoms with E-state index in [1.165, 1.54) is 18.3 Å². The number of hydrogen-bond acceptors (Lipinski definition) is 4. The maximum Gasteiger partial charge on any atom is 0.261 e. The number of carbonyl (C=O) groups is 2. The molecule has 2 aromatic rings.